The molecule has 104 valence electrons. The molecule has 0 aromatic heterocycles. The number of nitro groups is 1. The number of non-ortho nitro benzene ring substituents is 1. The molecular weight excluding hydrogens is 264 g/mol. The SMILES string of the molecule is CCCCSC(C)C(=O)Nc1cccc([N+](=O)[O-])c1. The van der Waals surface area contributed by atoms with Crippen LogP contribution in [0.3, 0.4) is 0 Å². The molecule has 1 N–H and O–H groups in total. The summed E-state index contributed by atoms with van der Waals surface area (Å²) >= 11 is 1.59. The van der Waals surface area contributed by atoms with E-state index in [1.165, 1.54) is 12.1 Å². The Morgan fingerprint density at radius 1 is 1.53 bits per heavy atom. The molecule has 0 saturated heterocycles. The fraction of sp³-hybridized carbons (Fsp3) is 0.462. The number of hydrogen-bond acceptors (Lipinski definition) is 4. The first-order chi connectivity index (χ1) is 9.04. The number of unbranched alkanes of at least 4 members (excludes halogenated alkanes) is 1. The van der Waals surface area contributed by atoms with E-state index in [1.54, 1.807) is 23.9 Å². The topological polar surface area (TPSA) is 72.2 Å². The van der Waals surface area contributed by atoms with Gasteiger partial charge in [-0.1, -0.05) is 19.4 Å². The molecule has 1 aromatic carbocycles. The zero-order valence-corrected chi connectivity index (χ0v) is 11.9. The minimum atomic E-state index is -0.477. The maximum Gasteiger partial charge on any atom is 0.271 e. The zero-order chi connectivity index (χ0) is 14.3. The van der Waals surface area contributed by atoms with Crippen LogP contribution in [-0.2, 0) is 4.79 Å². The summed E-state index contributed by atoms with van der Waals surface area (Å²) in [6, 6.07) is 5.97. The average molecular weight is 282 g/mol. The summed E-state index contributed by atoms with van der Waals surface area (Å²) in [5.41, 5.74) is 0.436. The molecule has 1 rings (SSSR count). The number of thioether (sulfide) groups is 1. The molecule has 0 bridgehead atoms. The van der Waals surface area contributed by atoms with E-state index in [0.717, 1.165) is 18.6 Å². The van der Waals surface area contributed by atoms with E-state index in [1.807, 2.05) is 6.92 Å². The molecule has 1 aromatic rings. The Hall–Kier alpha value is -1.56. The smallest absolute Gasteiger partial charge is 0.271 e. The number of hydrogen-bond donors (Lipinski definition) is 1. The highest BCUT2D eigenvalue weighted by Crippen LogP contribution is 2.19. The molecule has 0 fully saturated rings. The minimum Gasteiger partial charge on any atom is -0.325 e. The number of nitrogens with one attached hydrogen (secondary N) is 1. The van der Waals surface area contributed by atoms with Crippen LogP contribution in [0.15, 0.2) is 24.3 Å². The molecule has 1 atom stereocenters. The lowest BCUT2D eigenvalue weighted by atomic mass is 10.2. The quantitative estimate of drug-likeness (QED) is 0.472. The van der Waals surface area contributed by atoms with E-state index in [2.05, 4.69) is 12.2 Å². The van der Waals surface area contributed by atoms with E-state index in [4.69, 9.17) is 0 Å². The van der Waals surface area contributed by atoms with Gasteiger partial charge in [-0.3, -0.25) is 14.9 Å². The van der Waals surface area contributed by atoms with Crippen LogP contribution in [0.4, 0.5) is 11.4 Å². The second-order valence-corrected chi connectivity index (χ2v) is 5.61. The van der Waals surface area contributed by atoms with Gasteiger partial charge in [0.2, 0.25) is 5.91 Å². The second-order valence-electron chi connectivity index (χ2n) is 4.16. The fourth-order valence-electron chi connectivity index (χ4n) is 1.42. The van der Waals surface area contributed by atoms with Crippen molar-refractivity contribution in [3.8, 4) is 0 Å². The fourth-order valence-corrected chi connectivity index (χ4v) is 2.44. The Bertz CT molecular complexity index is 451. The van der Waals surface area contributed by atoms with E-state index in [9.17, 15) is 14.9 Å². The summed E-state index contributed by atoms with van der Waals surface area (Å²) in [5.74, 6) is 0.821. The van der Waals surface area contributed by atoms with Crippen LogP contribution in [0, 0.1) is 10.1 Å². The van der Waals surface area contributed by atoms with Crippen molar-refractivity contribution in [1.82, 2.24) is 0 Å². The van der Waals surface area contributed by atoms with Crippen LogP contribution in [-0.4, -0.2) is 21.8 Å². The van der Waals surface area contributed by atoms with Crippen molar-refractivity contribution >= 4 is 29.0 Å². The summed E-state index contributed by atoms with van der Waals surface area (Å²) in [6.07, 6.45) is 2.19. The molecular formula is C13H18N2O3S. The third-order valence-corrected chi connectivity index (χ3v) is 3.80. The lowest BCUT2D eigenvalue weighted by Crippen LogP contribution is -2.22. The van der Waals surface area contributed by atoms with E-state index >= 15 is 0 Å². The van der Waals surface area contributed by atoms with Gasteiger partial charge in [0.15, 0.2) is 0 Å². The van der Waals surface area contributed by atoms with Crippen LogP contribution in [0.1, 0.15) is 26.7 Å². The van der Waals surface area contributed by atoms with Gasteiger partial charge in [-0.25, -0.2) is 0 Å². The van der Waals surface area contributed by atoms with Crippen molar-refractivity contribution < 1.29 is 9.72 Å². The molecule has 1 amide bonds. The number of anilines is 1. The van der Waals surface area contributed by atoms with Crippen molar-refractivity contribution in [2.75, 3.05) is 11.1 Å². The average Bonchev–Trinajstić information content (AvgIpc) is 2.39. The lowest BCUT2D eigenvalue weighted by molar-refractivity contribution is -0.384. The van der Waals surface area contributed by atoms with Gasteiger partial charge in [-0.2, -0.15) is 0 Å². The number of carbonyl (C=O) groups is 1. The van der Waals surface area contributed by atoms with Crippen molar-refractivity contribution in [1.29, 1.82) is 0 Å². The van der Waals surface area contributed by atoms with Crippen LogP contribution < -0.4 is 5.32 Å². The third-order valence-electron chi connectivity index (χ3n) is 2.56. The van der Waals surface area contributed by atoms with Crippen molar-refractivity contribution in [3.63, 3.8) is 0 Å². The van der Waals surface area contributed by atoms with Crippen LogP contribution >= 0.6 is 11.8 Å². The molecule has 6 heteroatoms. The molecule has 0 aliphatic rings. The van der Waals surface area contributed by atoms with Gasteiger partial charge < -0.3 is 5.32 Å². The van der Waals surface area contributed by atoms with Crippen molar-refractivity contribution in [2.45, 2.75) is 31.9 Å². The lowest BCUT2D eigenvalue weighted by Gasteiger charge is -2.11. The molecule has 0 saturated carbocycles. The molecule has 0 aliphatic heterocycles. The zero-order valence-electron chi connectivity index (χ0n) is 11.1. The highest BCUT2D eigenvalue weighted by atomic mass is 32.2. The van der Waals surface area contributed by atoms with Gasteiger partial charge in [0, 0.05) is 17.8 Å². The van der Waals surface area contributed by atoms with Crippen molar-refractivity contribution in [2.24, 2.45) is 0 Å². The van der Waals surface area contributed by atoms with Gasteiger partial charge >= 0.3 is 0 Å². The summed E-state index contributed by atoms with van der Waals surface area (Å²) in [6.45, 7) is 3.95. The molecule has 0 radical (unpaired) electrons. The van der Waals surface area contributed by atoms with Gasteiger partial charge in [0.05, 0.1) is 10.2 Å². The first-order valence-corrected chi connectivity index (χ1v) is 7.26. The number of nitro benzene ring substituents is 1. The van der Waals surface area contributed by atoms with Gasteiger partial charge in [0.1, 0.15) is 0 Å². The van der Waals surface area contributed by atoms with Crippen LogP contribution in [0.25, 0.3) is 0 Å². The van der Waals surface area contributed by atoms with E-state index < -0.39 is 4.92 Å². The summed E-state index contributed by atoms with van der Waals surface area (Å²) in [5, 5.41) is 13.2. The Morgan fingerprint density at radius 2 is 2.26 bits per heavy atom. The van der Waals surface area contributed by atoms with Crippen LogP contribution in [0.5, 0.6) is 0 Å². The second kappa shape index (κ2) is 7.78. The van der Waals surface area contributed by atoms with E-state index in [0.29, 0.717) is 5.69 Å². The summed E-state index contributed by atoms with van der Waals surface area (Å²) in [4.78, 5) is 22.0. The van der Waals surface area contributed by atoms with Crippen LogP contribution in [0.2, 0.25) is 0 Å². The molecule has 5 nitrogen and oxygen atoms in total. The summed E-state index contributed by atoms with van der Waals surface area (Å²) < 4.78 is 0. The predicted molar refractivity (Wildman–Crippen MR) is 78.6 cm³/mol. The highest BCUT2D eigenvalue weighted by Gasteiger charge is 2.14. The summed E-state index contributed by atoms with van der Waals surface area (Å²) in [7, 11) is 0. The molecule has 0 aliphatic carbocycles. The first-order valence-electron chi connectivity index (χ1n) is 6.21. The third kappa shape index (κ3) is 5.30. The first kappa shape index (κ1) is 15.5. The maximum atomic E-state index is 11.9. The number of benzene rings is 1. The number of nitrogens with zero attached hydrogens (tertiary/aromatic N) is 1. The molecule has 0 spiro atoms. The maximum absolute atomic E-state index is 11.9. The van der Waals surface area contributed by atoms with Gasteiger partial charge in [0.25, 0.3) is 5.69 Å². The van der Waals surface area contributed by atoms with Crippen molar-refractivity contribution in [3.05, 3.63) is 34.4 Å². The number of carbonyl (C=O) groups excluding carboxylic acids is 1. The monoisotopic (exact) mass is 282 g/mol. The largest absolute Gasteiger partial charge is 0.325 e. The predicted octanol–water partition coefficient (Wildman–Crippen LogP) is 3.46. The normalized spacial score (nSPS) is 11.9. The Morgan fingerprint density at radius 3 is 2.89 bits per heavy atom. The minimum absolute atomic E-state index is 0.0240. The molecule has 1 unspecified atom stereocenters. The Labute approximate surface area is 116 Å². The molecule has 0 heterocycles. The Balaban J connectivity index is 2.56. The van der Waals surface area contributed by atoms with Gasteiger partial charge in [-0.05, 0) is 25.2 Å². The standard InChI is InChI=1S/C13H18N2O3S/c1-3-4-8-19-10(2)13(16)14-11-6-5-7-12(9-11)15(17)18/h5-7,9-10H,3-4,8H2,1-2H3,(H,14,16). The number of amides is 1. The van der Waals surface area contributed by atoms with E-state index in [-0.39, 0.29) is 16.8 Å². The number of rotatable bonds is 7. The highest BCUT2D eigenvalue weighted by molar-refractivity contribution is 8.00. The Kier molecular flexibility index (Phi) is 6.35. The molecule has 19 heavy (non-hydrogen) atoms. The van der Waals surface area contributed by atoms with Gasteiger partial charge in [-0.15, -0.1) is 11.8 Å².